The fraction of sp³-hybridized carbons (Fsp3) is 0.667. The minimum Gasteiger partial charge on any atom is -0.381 e. The van der Waals surface area contributed by atoms with E-state index in [0.29, 0.717) is 31.6 Å². The number of morpholine rings is 1. The second-order valence-corrected chi connectivity index (χ2v) is 8.42. The van der Waals surface area contributed by atoms with Gasteiger partial charge in [-0.15, -0.1) is 0 Å². The van der Waals surface area contributed by atoms with E-state index >= 15 is 0 Å². The van der Waals surface area contributed by atoms with E-state index in [2.05, 4.69) is 21.2 Å². The Morgan fingerprint density at radius 3 is 2.59 bits per heavy atom. The standard InChI is InChI=1S/C21H31ClN4O3/c22-18-2-1-3-19(14-18)24-5-7-26(8-6-24)21(27)23-15-20(17-4-11-29-16-17)25-9-12-28-13-10-25/h1-3,14,17,20H,4-13,15-16H2,(H,23,27)/t17-,20+/m1/s1. The summed E-state index contributed by atoms with van der Waals surface area (Å²) in [7, 11) is 0. The van der Waals surface area contributed by atoms with Crippen LogP contribution >= 0.6 is 11.6 Å². The van der Waals surface area contributed by atoms with Crippen molar-refractivity contribution in [1.82, 2.24) is 15.1 Å². The number of hydrogen-bond donors (Lipinski definition) is 1. The van der Waals surface area contributed by atoms with E-state index in [9.17, 15) is 4.79 Å². The molecule has 0 unspecified atom stereocenters. The fourth-order valence-electron chi connectivity index (χ4n) is 4.50. The Bertz CT molecular complexity index is 672. The third-order valence-electron chi connectivity index (χ3n) is 6.23. The number of carbonyl (C=O) groups excluding carboxylic acids is 1. The number of nitrogens with one attached hydrogen (secondary N) is 1. The first kappa shape index (κ1) is 20.7. The van der Waals surface area contributed by atoms with Gasteiger partial charge in [0.25, 0.3) is 0 Å². The largest absolute Gasteiger partial charge is 0.381 e. The maximum absolute atomic E-state index is 12.8. The van der Waals surface area contributed by atoms with Crippen LogP contribution in [0.1, 0.15) is 6.42 Å². The van der Waals surface area contributed by atoms with Gasteiger partial charge in [-0.3, -0.25) is 4.90 Å². The van der Waals surface area contributed by atoms with Crippen molar-refractivity contribution in [1.29, 1.82) is 0 Å². The third-order valence-corrected chi connectivity index (χ3v) is 6.46. The van der Waals surface area contributed by atoms with Crippen molar-refractivity contribution in [2.24, 2.45) is 5.92 Å². The molecule has 29 heavy (non-hydrogen) atoms. The molecule has 1 aromatic carbocycles. The second-order valence-electron chi connectivity index (χ2n) is 7.98. The normalized spacial score (nSPS) is 24.5. The van der Waals surface area contributed by atoms with Crippen LogP contribution in [-0.4, -0.2) is 94.1 Å². The molecule has 3 heterocycles. The highest BCUT2D eigenvalue weighted by Crippen LogP contribution is 2.23. The average Bonchev–Trinajstić information content (AvgIpc) is 3.29. The van der Waals surface area contributed by atoms with E-state index < -0.39 is 0 Å². The zero-order valence-electron chi connectivity index (χ0n) is 16.9. The first-order valence-corrected chi connectivity index (χ1v) is 11.0. The molecule has 0 bridgehead atoms. The number of piperazine rings is 1. The Labute approximate surface area is 177 Å². The topological polar surface area (TPSA) is 57.3 Å². The molecule has 1 N–H and O–H groups in total. The smallest absolute Gasteiger partial charge is 0.317 e. The van der Waals surface area contributed by atoms with Crippen LogP contribution in [0.5, 0.6) is 0 Å². The molecular formula is C21H31ClN4O3. The average molecular weight is 423 g/mol. The lowest BCUT2D eigenvalue weighted by molar-refractivity contribution is 0.00185. The van der Waals surface area contributed by atoms with Crippen LogP contribution in [0.25, 0.3) is 0 Å². The van der Waals surface area contributed by atoms with E-state index in [1.54, 1.807) is 0 Å². The van der Waals surface area contributed by atoms with Gasteiger partial charge in [0, 0.05) is 75.1 Å². The summed E-state index contributed by atoms with van der Waals surface area (Å²) in [5.41, 5.74) is 1.12. The highest BCUT2D eigenvalue weighted by molar-refractivity contribution is 6.30. The van der Waals surface area contributed by atoms with E-state index in [-0.39, 0.29) is 6.03 Å². The number of ether oxygens (including phenoxy) is 2. The highest BCUT2D eigenvalue weighted by atomic mass is 35.5. The molecule has 160 valence electrons. The number of amides is 2. The van der Waals surface area contributed by atoms with Crippen molar-refractivity contribution >= 4 is 23.3 Å². The molecule has 4 rings (SSSR count). The Balaban J connectivity index is 1.28. The zero-order valence-corrected chi connectivity index (χ0v) is 17.6. The van der Waals surface area contributed by atoms with Gasteiger partial charge in [0.15, 0.2) is 0 Å². The van der Waals surface area contributed by atoms with E-state index in [4.69, 9.17) is 21.1 Å². The minimum absolute atomic E-state index is 0.0351. The molecule has 2 atom stereocenters. The van der Waals surface area contributed by atoms with E-state index in [1.807, 2.05) is 23.1 Å². The number of hydrogen-bond acceptors (Lipinski definition) is 5. The number of halogens is 1. The molecule has 3 fully saturated rings. The quantitative estimate of drug-likeness (QED) is 0.785. The summed E-state index contributed by atoms with van der Waals surface area (Å²) in [6.45, 7) is 8.73. The van der Waals surface area contributed by atoms with Crippen LogP contribution in [0, 0.1) is 5.92 Å². The maximum Gasteiger partial charge on any atom is 0.317 e. The number of carbonyl (C=O) groups is 1. The zero-order chi connectivity index (χ0) is 20.1. The predicted octanol–water partition coefficient (Wildman–Crippen LogP) is 1.91. The van der Waals surface area contributed by atoms with Crippen molar-refractivity contribution < 1.29 is 14.3 Å². The van der Waals surface area contributed by atoms with Gasteiger partial charge < -0.3 is 24.6 Å². The number of anilines is 1. The van der Waals surface area contributed by atoms with Crippen molar-refractivity contribution in [3.05, 3.63) is 29.3 Å². The van der Waals surface area contributed by atoms with Gasteiger partial charge in [0.1, 0.15) is 0 Å². The van der Waals surface area contributed by atoms with Gasteiger partial charge in [-0.1, -0.05) is 17.7 Å². The van der Waals surface area contributed by atoms with Crippen molar-refractivity contribution in [3.63, 3.8) is 0 Å². The Kier molecular flexibility index (Phi) is 7.13. The van der Waals surface area contributed by atoms with Crippen LogP contribution in [0.2, 0.25) is 5.02 Å². The Hall–Kier alpha value is -1.54. The van der Waals surface area contributed by atoms with Gasteiger partial charge in [-0.05, 0) is 24.6 Å². The molecule has 2 amide bonds. The fourth-order valence-corrected chi connectivity index (χ4v) is 4.69. The maximum atomic E-state index is 12.8. The number of urea groups is 1. The van der Waals surface area contributed by atoms with E-state index in [0.717, 1.165) is 69.7 Å². The van der Waals surface area contributed by atoms with Crippen LogP contribution < -0.4 is 10.2 Å². The summed E-state index contributed by atoms with van der Waals surface area (Å²) in [4.78, 5) is 19.5. The molecule has 0 saturated carbocycles. The number of benzene rings is 1. The van der Waals surface area contributed by atoms with Gasteiger partial charge in [-0.2, -0.15) is 0 Å². The Morgan fingerprint density at radius 1 is 1.10 bits per heavy atom. The summed E-state index contributed by atoms with van der Waals surface area (Å²) >= 11 is 6.11. The molecule has 0 radical (unpaired) electrons. The van der Waals surface area contributed by atoms with Gasteiger partial charge in [0.05, 0.1) is 19.8 Å². The van der Waals surface area contributed by atoms with Crippen molar-refractivity contribution in [3.8, 4) is 0 Å². The van der Waals surface area contributed by atoms with Crippen LogP contribution in [0.4, 0.5) is 10.5 Å². The molecule has 3 aliphatic heterocycles. The monoisotopic (exact) mass is 422 g/mol. The van der Waals surface area contributed by atoms with Crippen LogP contribution in [0.15, 0.2) is 24.3 Å². The van der Waals surface area contributed by atoms with Gasteiger partial charge in [0.2, 0.25) is 0 Å². The predicted molar refractivity (Wildman–Crippen MR) is 114 cm³/mol. The van der Waals surface area contributed by atoms with Crippen LogP contribution in [0.3, 0.4) is 0 Å². The first-order valence-electron chi connectivity index (χ1n) is 10.6. The summed E-state index contributed by atoms with van der Waals surface area (Å²) < 4.78 is 11.1. The van der Waals surface area contributed by atoms with Crippen molar-refractivity contribution in [2.75, 3.05) is 77.1 Å². The molecule has 0 spiro atoms. The summed E-state index contributed by atoms with van der Waals surface area (Å²) in [6, 6.07) is 8.25. The van der Waals surface area contributed by atoms with E-state index in [1.165, 1.54) is 0 Å². The highest BCUT2D eigenvalue weighted by Gasteiger charge is 2.32. The van der Waals surface area contributed by atoms with Crippen molar-refractivity contribution in [2.45, 2.75) is 12.5 Å². The van der Waals surface area contributed by atoms with Gasteiger partial charge >= 0.3 is 6.03 Å². The second kappa shape index (κ2) is 9.98. The molecule has 0 aromatic heterocycles. The molecule has 3 saturated heterocycles. The molecule has 3 aliphatic rings. The molecule has 7 nitrogen and oxygen atoms in total. The molecule has 0 aliphatic carbocycles. The van der Waals surface area contributed by atoms with Crippen LogP contribution in [-0.2, 0) is 9.47 Å². The molecule has 1 aromatic rings. The van der Waals surface area contributed by atoms with Gasteiger partial charge in [-0.25, -0.2) is 4.79 Å². The lowest BCUT2D eigenvalue weighted by Crippen LogP contribution is -2.56. The summed E-state index contributed by atoms with van der Waals surface area (Å²) in [5, 5.41) is 3.94. The third kappa shape index (κ3) is 5.34. The lowest BCUT2D eigenvalue weighted by Gasteiger charge is -2.39. The SMILES string of the molecule is O=C(NC[C@@H]([C@@H]1CCOC1)N1CCOCC1)N1CCN(c2cccc(Cl)c2)CC1. The number of nitrogens with zero attached hydrogens (tertiary/aromatic N) is 3. The number of rotatable bonds is 5. The first-order chi connectivity index (χ1) is 14.2. The summed E-state index contributed by atoms with van der Waals surface area (Å²) in [6.07, 6.45) is 1.07. The molecule has 8 heteroatoms. The molecular weight excluding hydrogens is 392 g/mol. The lowest BCUT2D eigenvalue weighted by atomic mass is 9.97. The Morgan fingerprint density at radius 2 is 1.90 bits per heavy atom. The summed E-state index contributed by atoms with van der Waals surface area (Å²) in [5.74, 6) is 0.480. The minimum atomic E-state index is 0.0351.